The van der Waals surface area contributed by atoms with E-state index in [-0.39, 0.29) is 4.32 Å². The zero-order valence-corrected chi connectivity index (χ0v) is 11.6. The van der Waals surface area contributed by atoms with Crippen LogP contribution in [0, 0.1) is 0 Å². The van der Waals surface area contributed by atoms with Gasteiger partial charge >= 0.3 is 102 Å². The molecule has 0 spiro atoms. The van der Waals surface area contributed by atoms with Crippen LogP contribution in [0.15, 0.2) is 0 Å². The van der Waals surface area contributed by atoms with E-state index in [2.05, 4.69) is 28.0 Å². The number of aliphatic hydroxyl groups excluding tert-OH is 1. The maximum absolute atomic E-state index is 9.03. The summed E-state index contributed by atoms with van der Waals surface area (Å²) in [5, 5.41) is 9.03. The molecule has 0 bridgehead atoms. The molecule has 1 N–H and O–H groups in total. The van der Waals surface area contributed by atoms with Gasteiger partial charge in [0.15, 0.2) is 0 Å². The molecule has 0 aliphatic carbocycles. The zero-order valence-electron chi connectivity index (χ0n) is 9.40. The van der Waals surface area contributed by atoms with Gasteiger partial charge in [0, 0.05) is 0 Å². The van der Waals surface area contributed by atoms with Gasteiger partial charge in [0.05, 0.1) is 0 Å². The Morgan fingerprint density at radius 1 is 0.857 bits per heavy atom. The van der Waals surface area contributed by atoms with Crippen LogP contribution in [0.1, 0.15) is 71.1 Å². The van der Waals surface area contributed by atoms with Crippen LogP contribution in [0.3, 0.4) is 0 Å². The molecule has 90 valence electrons. The van der Waals surface area contributed by atoms with Crippen LogP contribution in [0.2, 0.25) is 0 Å². The Kier molecular flexibility index (Phi) is 12.4. The van der Waals surface area contributed by atoms with E-state index in [1.807, 2.05) is 0 Å². The average molecular weight is 382 g/mol. The number of unbranched alkanes of at least 4 members (excludes halogenated alkanes) is 8. The monoisotopic (exact) mass is 382 g/mol. The van der Waals surface area contributed by atoms with Gasteiger partial charge in [-0.25, -0.2) is 0 Å². The standard InChI is InChI=1S/C12H25O.Au/c1-2-3-4-5-6-7-8-9-10-11-12-13;/h12-13H,2-11H2,1H3;. The Bertz CT molecular complexity index is 104. The van der Waals surface area contributed by atoms with E-state index < -0.39 is 0 Å². The molecule has 0 rings (SSSR count). The topological polar surface area (TPSA) is 20.2 Å². The van der Waals surface area contributed by atoms with Gasteiger partial charge < -0.3 is 0 Å². The fraction of sp³-hybridized carbons (Fsp3) is 1.00. The van der Waals surface area contributed by atoms with Crippen LogP contribution in [0.5, 0.6) is 0 Å². The van der Waals surface area contributed by atoms with Crippen molar-refractivity contribution in [2.45, 2.75) is 75.5 Å². The molecule has 0 radical (unpaired) electrons. The summed E-state index contributed by atoms with van der Waals surface area (Å²) in [5.74, 6) is 0. The second-order valence-corrected chi connectivity index (χ2v) is 5.44. The van der Waals surface area contributed by atoms with E-state index in [9.17, 15) is 0 Å². The van der Waals surface area contributed by atoms with Crippen molar-refractivity contribution in [2.24, 2.45) is 0 Å². The second kappa shape index (κ2) is 11.8. The average Bonchev–Trinajstić information content (AvgIpc) is 2.15. The van der Waals surface area contributed by atoms with Crippen molar-refractivity contribution < 1.29 is 26.2 Å². The van der Waals surface area contributed by atoms with Crippen molar-refractivity contribution >= 4 is 0 Å². The first-order valence-electron chi connectivity index (χ1n) is 6.05. The van der Waals surface area contributed by atoms with Gasteiger partial charge in [0.25, 0.3) is 0 Å². The zero-order chi connectivity index (χ0) is 10.6. The quantitative estimate of drug-likeness (QED) is 0.451. The molecule has 0 aromatic heterocycles. The summed E-state index contributed by atoms with van der Waals surface area (Å²) in [6, 6.07) is 0. The molecule has 0 aliphatic rings. The van der Waals surface area contributed by atoms with Crippen LogP contribution >= 0.6 is 0 Å². The van der Waals surface area contributed by atoms with E-state index in [0.717, 1.165) is 6.42 Å². The SMILES string of the molecule is CCCCCCCCCCC[CH](O)[Au]. The maximum atomic E-state index is 9.03. The van der Waals surface area contributed by atoms with Gasteiger partial charge in [-0.3, -0.25) is 0 Å². The van der Waals surface area contributed by atoms with Crippen LogP contribution in [-0.4, -0.2) is 9.43 Å². The van der Waals surface area contributed by atoms with Crippen molar-refractivity contribution in [3.8, 4) is 0 Å². The molecule has 0 fully saturated rings. The summed E-state index contributed by atoms with van der Waals surface area (Å²) >= 11 is 2.25. The van der Waals surface area contributed by atoms with Crippen LogP contribution in [0.4, 0.5) is 0 Å². The number of aliphatic hydroxyl groups is 1. The first-order chi connectivity index (χ1) is 6.77. The van der Waals surface area contributed by atoms with Gasteiger partial charge in [-0.2, -0.15) is 0 Å². The summed E-state index contributed by atoms with van der Waals surface area (Å²) < 4.78 is -0.153. The third kappa shape index (κ3) is 12.7. The van der Waals surface area contributed by atoms with Crippen LogP contribution in [-0.2, 0) is 21.1 Å². The molecular weight excluding hydrogens is 357 g/mol. The van der Waals surface area contributed by atoms with Gasteiger partial charge in [0.1, 0.15) is 0 Å². The summed E-state index contributed by atoms with van der Waals surface area (Å²) in [5.41, 5.74) is 0. The Balaban J connectivity index is 2.85. The van der Waals surface area contributed by atoms with Gasteiger partial charge in [-0.1, -0.05) is 0 Å². The Morgan fingerprint density at radius 2 is 1.29 bits per heavy atom. The molecule has 2 heteroatoms. The van der Waals surface area contributed by atoms with Crippen LogP contribution < -0.4 is 0 Å². The molecule has 0 aromatic rings. The van der Waals surface area contributed by atoms with E-state index in [1.54, 1.807) is 0 Å². The first-order valence-corrected chi connectivity index (χ1v) is 7.30. The molecule has 1 unspecified atom stereocenters. The minimum absolute atomic E-state index is 0.153. The van der Waals surface area contributed by atoms with E-state index in [1.165, 1.54) is 57.8 Å². The minimum atomic E-state index is -0.153. The fourth-order valence-electron chi connectivity index (χ4n) is 1.61. The Morgan fingerprint density at radius 3 is 1.71 bits per heavy atom. The molecule has 0 aromatic carbocycles. The molecule has 0 saturated carbocycles. The molecule has 0 amide bonds. The molecule has 0 heterocycles. The van der Waals surface area contributed by atoms with Crippen molar-refractivity contribution in [3.05, 3.63) is 0 Å². The van der Waals surface area contributed by atoms with Gasteiger partial charge in [0.2, 0.25) is 0 Å². The number of hydrogen-bond acceptors (Lipinski definition) is 1. The Labute approximate surface area is 102 Å². The predicted octanol–water partition coefficient (Wildman–Crippen LogP) is 3.77. The van der Waals surface area contributed by atoms with Crippen molar-refractivity contribution in [1.29, 1.82) is 0 Å². The van der Waals surface area contributed by atoms with Gasteiger partial charge in [-0.15, -0.1) is 0 Å². The molecule has 0 saturated heterocycles. The molecular formula is C12H25AuO. The summed E-state index contributed by atoms with van der Waals surface area (Å²) in [6.07, 6.45) is 13.2. The molecule has 0 aliphatic heterocycles. The normalized spacial score (nSPS) is 13.1. The fourth-order valence-corrected chi connectivity index (χ4v) is 2.05. The van der Waals surface area contributed by atoms with E-state index in [4.69, 9.17) is 5.11 Å². The number of rotatable bonds is 10. The van der Waals surface area contributed by atoms with E-state index >= 15 is 0 Å². The predicted molar refractivity (Wildman–Crippen MR) is 57.9 cm³/mol. The third-order valence-electron chi connectivity index (χ3n) is 2.52. The summed E-state index contributed by atoms with van der Waals surface area (Å²) in [6.45, 7) is 2.26. The van der Waals surface area contributed by atoms with Crippen molar-refractivity contribution in [1.82, 2.24) is 0 Å². The summed E-state index contributed by atoms with van der Waals surface area (Å²) in [7, 11) is 0. The molecule has 14 heavy (non-hydrogen) atoms. The molecule has 1 atom stereocenters. The van der Waals surface area contributed by atoms with Crippen molar-refractivity contribution in [2.75, 3.05) is 0 Å². The van der Waals surface area contributed by atoms with Crippen molar-refractivity contribution in [3.63, 3.8) is 0 Å². The summed E-state index contributed by atoms with van der Waals surface area (Å²) in [4.78, 5) is 0. The van der Waals surface area contributed by atoms with E-state index in [0.29, 0.717) is 0 Å². The van der Waals surface area contributed by atoms with Crippen LogP contribution in [0.25, 0.3) is 0 Å². The third-order valence-corrected chi connectivity index (χ3v) is 3.15. The van der Waals surface area contributed by atoms with Gasteiger partial charge in [-0.05, 0) is 0 Å². The first kappa shape index (κ1) is 14.7. The Hall–Kier alpha value is 0.700. The molecule has 1 nitrogen and oxygen atoms in total. The number of hydrogen-bond donors (Lipinski definition) is 1. The second-order valence-electron chi connectivity index (χ2n) is 4.00.